The van der Waals surface area contributed by atoms with Gasteiger partial charge in [0.05, 0.1) is 20.0 Å². The molecule has 2 fully saturated rings. The van der Waals surface area contributed by atoms with Crippen molar-refractivity contribution in [2.24, 2.45) is 0 Å². The van der Waals surface area contributed by atoms with Crippen LogP contribution in [0.3, 0.4) is 0 Å². The number of rotatable bonds is 10. The Kier molecular flexibility index (Phi) is 7.57. The summed E-state index contributed by atoms with van der Waals surface area (Å²) in [5.74, 6) is 0.151. The number of aromatic nitrogens is 4. The van der Waals surface area contributed by atoms with Crippen molar-refractivity contribution in [1.29, 1.82) is 0 Å². The van der Waals surface area contributed by atoms with Gasteiger partial charge in [0.15, 0.2) is 28.9 Å². The third-order valence-electron chi connectivity index (χ3n) is 6.75. The quantitative estimate of drug-likeness (QED) is 0.275. The number of methoxy groups -OCH3 is 1. The standard InChI is InChI=1S/C24H30FN6O7P/c1-15(22(33)35-3)29-39(34,38-16-8-5-4-6-9-16)36-12-17-19(32)24(2,25)23(37-17)31-14-28-18-20(30-10-7-11-30)26-13-27-21(18)31/h4-6,8-9,13-15,17,19,23,32H,7,10-12H2,1-3H3,(H,29,34)/t15-,17+,19+,23+,24+,39-/m0/s1. The number of nitrogens with zero attached hydrogens (tertiary/aromatic N) is 5. The molecule has 13 nitrogen and oxygen atoms in total. The Morgan fingerprint density at radius 2 is 2.05 bits per heavy atom. The van der Waals surface area contributed by atoms with Crippen molar-refractivity contribution in [1.82, 2.24) is 24.6 Å². The van der Waals surface area contributed by atoms with Gasteiger partial charge in [-0.2, -0.15) is 5.09 Å². The van der Waals surface area contributed by atoms with Gasteiger partial charge in [-0.1, -0.05) is 18.2 Å². The number of carbonyl (C=O) groups is 1. The van der Waals surface area contributed by atoms with Crippen molar-refractivity contribution in [3.05, 3.63) is 43.0 Å². The number of nitrogens with one attached hydrogen (secondary N) is 1. The summed E-state index contributed by atoms with van der Waals surface area (Å²) >= 11 is 0. The lowest BCUT2D eigenvalue weighted by Gasteiger charge is -2.31. The number of aliphatic hydroxyl groups is 1. The Bertz CT molecular complexity index is 1370. The van der Waals surface area contributed by atoms with Gasteiger partial charge >= 0.3 is 13.7 Å². The summed E-state index contributed by atoms with van der Waals surface area (Å²) in [5.41, 5.74) is -1.45. The summed E-state index contributed by atoms with van der Waals surface area (Å²) < 4.78 is 52.7. The Labute approximate surface area is 223 Å². The van der Waals surface area contributed by atoms with E-state index in [0.29, 0.717) is 17.0 Å². The number of alkyl halides is 1. The van der Waals surface area contributed by atoms with Crippen LogP contribution in [-0.2, 0) is 23.4 Å². The predicted octanol–water partition coefficient (Wildman–Crippen LogP) is 2.38. The van der Waals surface area contributed by atoms with Crippen molar-refractivity contribution in [3.8, 4) is 5.75 Å². The van der Waals surface area contributed by atoms with Gasteiger partial charge in [-0.3, -0.25) is 13.9 Å². The van der Waals surface area contributed by atoms with E-state index in [1.807, 2.05) is 4.90 Å². The molecule has 3 aromatic rings. The third-order valence-corrected chi connectivity index (χ3v) is 8.39. The zero-order chi connectivity index (χ0) is 27.8. The highest BCUT2D eigenvalue weighted by atomic mass is 31.2. The molecule has 6 atom stereocenters. The highest BCUT2D eigenvalue weighted by Gasteiger charge is 2.56. The number of aliphatic hydroxyl groups excluding tert-OH is 1. The third kappa shape index (κ3) is 5.35. The van der Waals surface area contributed by atoms with Crippen LogP contribution in [0.2, 0.25) is 0 Å². The Morgan fingerprint density at radius 1 is 1.31 bits per heavy atom. The molecule has 5 rings (SSSR count). The number of hydrogen-bond donors (Lipinski definition) is 2. The number of carbonyl (C=O) groups excluding carboxylic acids is 1. The topological polar surface area (TPSA) is 150 Å². The molecule has 0 amide bonds. The Hall–Kier alpha value is -3.16. The maximum atomic E-state index is 16.0. The van der Waals surface area contributed by atoms with Crippen molar-refractivity contribution in [2.75, 3.05) is 31.7 Å². The molecule has 2 aromatic heterocycles. The molecule has 4 heterocycles. The Balaban J connectivity index is 1.36. The van der Waals surface area contributed by atoms with Crippen LogP contribution in [0.1, 0.15) is 26.5 Å². The average molecular weight is 565 g/mol. The van der Waals surface area contributed by atoms with Gasteiger partial charge in [0, 0.05) is 13.1 Å². The molecule has 15 heteroatoms. The number of benzene rings is 1. The fourth-order valence-corrected chi connectivity index (χ4v) is 5.97. The molecule has 0 saturated carbocycles. The van der Waals surface area contributed by atoms with E-state index in [2.05, 4.69) is 24.8 Å². The summed E-state index contributed by atoms with van der Waals surface area (Å²) in [6.45, 7) is 3.77. The molecule has 0 unspecified atom stereocenters. The first-order valence-electron chi connectivity index (χ1n) is 12.4. The maximum absolute atomic E-state index is 16.0. The summed E-state index contributed by atoms with van der Waals surface area (Å²) in [4.78, 5) is 27.0. The monoisotopic (exact) mass is 564 g/mol. The molecule has 0 radical (unpaired) electrons. The van der Waals surface area contributed by atoms with Crippen LogP contribution in [0, 0.1) is 0 Å². The molecule has 1 aromatic carbocycles. The smallest absolute Gasteiger partial charge is 0.459 e. The van der Waals surface area contributed by atoms with Gasteiger partial charge in [-0.25, -0.2) is 23.9 Å². The summed E-state index contributed by atoms with van der Waals surface area (Å²) in [6, 6.07) is 7.12. The fourth-order valence-electron chi connectivity index (χ4n) is 4.47. The van der Waals surface area contributed by atoms with Gasteiger partial charge in [0.1, 0.15) is 30.3 Å². The van der Waals surface area contributed by atoms with E-state index in [1.165, 1.54) is 38.2 Å². The minimum absolute atomic E-state index is 0.203. The number of imidazole rings is 1. The van der Waals surface area contributed by atoms with Crippen molar-refractivity contribution in [3.63, 3.8) is 0 Å². The van der Waals surface area contributed by atoms with Crippen LogP contribution in [0.15, 0.2) is 43.0 Å². The van der Waals surface area contributed by atoms with E-state index < -0.39 is 50.5 Å². The van der Waals surface area contributed by atoms with Crippen LogP contribution in [-0.4, -0.2) is 81.3 Å². The minimum atomic E-state index is -4.23. The van der Waals surface area contributed by atoms with E-state index in [1.54, 1.807) is 30.3 Å². The SMILES string of the molecule is COC(=O)[C@H](C)N[P@](=O)(OC[C@H]1O[C@@H](n2cnc3c(N4CCC4)ncnc32)[C@](C)(F)[C@@H]1O)Oc1ccccc1. The second-order valence-electron chi connectivity index (χ2n) is 9.56. The lowest BCUT2D eigenvalue weighted by molar-refractivity contribution is -0.142. The number of ether oxygens (including phenoxy) is 2. The summed E-state index contributed by atoms with van der Waals surface area (Å²) in [7, 11) is -3.04. The van der Waals surface area contributed by atoms with Crippen LogP contribution >= 0.6 is 7.75 Å². The number of para-hydroxylation sites is 1. The van der Waals surface area contributed by atoms with Gasteiger partial charge in [0.25, 0.3) is 0 Å². The lowest BCUT2D eigenvalue weighted by atomic mass is 9.98. The van der Waals surface area contributed by atoms with E-state index in [0.717, 1.165) is 19.5 Å². The van der Waals surface area contributed by atoms with Gasteiger partial charge in [-0.05, 0) is 32.4 Å². The highest BCUT2D eigenvalue weighted by Crippen LogP contribution is 2.48. The maximum Gasteiger partial charge on any atom is 0.459 e. The van der Waals surface area contributed by atoms with Gasteiger partial charge in [0.2, 0.25) is 0 Å². The lowest BCUT2D eigenvalue weighted by Crippen LogP contribution is -2.41. The second-order valence-corrected chi connectivity index (χ2v) is 11.3. The van der Waals surface area contributed by atoms with Crippen LogP contribution in [0.25, 0.3) is 11.2 Å². The number of hydrogen-bond acceptors (Lipinski definition) is 11. The summed E-state index contributed by atoms with van der Waals surface area (Å²) in [5, 5.41) is 13.4. The summed E-state index contributed by atoms with van der Waals surface area (Å²) in [6.07, 6.45) is -0.423. The highest BCUT2D eigenvalue weighted by molar-refractivity contribution is 7.52. The zero-order valence-corrected chi connectivity index (χ0v) is 22.5. The van der Waals surface area contributed by atoms with E-state index in [4.69, 9.17) is 13.8 Å². The number of fused-ring (bicyclic) bond motifs is 1. The minimum Gasteiger partial charge on any atom is -0.468 e. The molecule has 0 bridgehead atoms. The first-order valence-corrected chi connectivity index (χ1v) is 14.0. The molecule has 2 aliphatic rings. The largest absolute Gasteiger partial charge is 0.468 e. The molecular weight excluding hydrogens is 534 g/mol. The first-order chi connectivity index (χ1) is 18.6. The first kappa shape index (κ1) is 27.4. The molecule has 0 aliphatic carbocycles. The normalized spacial score (nSPS) is 27.1. The van der Waals surface area contributed by atoms with E-state index >= 15 is 4.39 Å². The van der Waals surface area contributed by atoms with E-state index in [9.17, 15) is 14.5 Å². The van der Waals surface area contributed by atoms with Crippen LogP contribution in [0.5, 0.6) is 5.75 Å². The van der Waals surface area contributed by atoms with Gasteiger partial charge < -0.3 is 24.0 Å². The zero-order valence-electron chi connectivity index (χ0n) is 21.6. The van der Waals surface area contributed by atoms with Crippen molar-refractivity contribution in [2.45, 2.75) is 50.4 Å². The predicted molar refractivity (Wildman–Crippen MR) is 137 cm³/mol. The number of esters is 1. The second kappa shape index (κ2) is 10.8. The molecule has 2 N–H and O–H groups in total. The molecule has 2 aliphatic heterocycles. The van der Waals surface area contributed by atoms with Crippen LogP contribution in [0.4, 0.5) is 10.2 Å². The van der Waals surface area contributed by atoms with Crippen LogP contribution < -0.4 is 14.5 Å². The van der Waals surface area contributed by atoms with Crippen molar-refractivity contribution < 1.29 is 37.4 Å². The van der Waals surface area contributed by atoms with Gasteiger partial charge in [-0.15, -0.1) is 0 Å². The number of anilines is 1. The molecule has 0 spiro atoms. The van der Waals surface area contributed by atoms with E-state index in [-0.39, 0.29) is 5.75 Å². The average Bonchev–Trinajstić information content (AvgIpc) is 3.40. The Morgan fingerprint density at radius 3 is 2.72 bits per heavy atom. The number of halogens is 1. The molecular formula is C24H30FN6O7P. The fraction of sp³-hybridized carbons (Fsp3) is 0.500. The van der Waals surface area contributed by atoms with Crippen molar-refractivity contribution >= 4 is 30.7 Å². The molecule has 39 heavy (non-hydrogen) atoms. The molecule has 210 valence electrons. The molecule has 2 saturated heterocycles.